The predicted octanol–water partition coefficient (Wildman–Crippen LogP) is 1.78. The van der Waals surface area contributed by atoms with E-state index in [1.165, 1.54) is 19.0 Å². The van der Waals surface area contributed by atoms with Crippen molar-refractivity contribution in [1.82, 2.24) is 4.90 Å². The Kier molecular flexibility index (Phi) is 1.23. The van der Waals surface area contributed by atoms with Crippen LogP contribution in [-0.4, -0.2) is 25.0 Å². The van der Waals surface area contributed by atoms with E-state index in [9.17, 15) is 4.79 Å². The van der Waals surface area contributed by atoms with Crippen molar-refractivity contribution in [2.24, 2.45) is 0 Å². The number of para-hydroxylation sites is 1. The van der Waals surface area contributed by atoms with Crippen LogP contribution in [0.1, 0.15) is 6.85 Å². The second-order valence-electron chi connectivity index (χ2n) is 2.32. The zero-order valence-electron chi connectivity index (χ0n) is 11.9. The van der Waals surface area contributed by atoms with E-state index in [-0.39, 0.29) is 5.69 Å². The molecule has 0 spiro atoms. The SMILES string of the molecule is [2H]c1c([2H])c([2H])c(NC(=O)N(C)C)c([2H])c1[2H]. The molecule has 64 valence electrons. The lowest BCUT2D eigenvalue weighted by Gasteiger charge is -2.11. The lowest BCUT2D eigenvalue weighted by molar-refractivity contribution is 0.230. The molecule has 0 aromatic heterocycles. The first-order valence-electron chi connectivity index (χ1n) is 5.82. The van der Waals surface area contributed by atoms with E-state index in [2.05, 4.69) is 5.32 Å². The van der Waals surface area contributed by atoms with Crippen molar-refractivity contribution in [3.8, 4) is 0 Å². The largest absolute Gasteiger partial charge is 0.331 e. The van der Waals surface area contributed by atoms with E-state index in [1.807, 2.05) is 0 Å². The van der Waals surface area contributed by atoms with Crippen LogP contribution >= 0.6 is 0 Å². The summed E-state index contributed by atoms with van der Waals surface area (Å²) in [6, 6.07) is -2.83. The maximum absolute atomic E-state index is 11.4. The summed E-state index contributed by atoms with van der Waals surface area (Å²) in [7, 11) is 2.98. The fourth-order valence-electron chi connectivity index (χ4n) is 0.531. The highest BCUT2D eigenvalue weighted by Crippen LogP contribution is 2.04. The van der Waals surface area contributed by atoms with Crippen LogP contribution in [0.4, 0.5) is 10.5 Å². The van der Waals surface area contributed by atoms with Crippen molar-refractivity contribution in [3.05, 3.63) is 30.2 Å². The molecule has 0 aliphatic rings. The van der Waals surface area contributed by atoms with E-state index >= 15 is 0 Å². The normalized spacial score (nSPS) is 15.0. The van der Waals surface area contributed by atoms with E-state index < -0.39 is 36.2 Å². The number of benzene rings is 1. The average molecular weight is 169 g/mol. The van der Waals surface area contributed by atoms with Gasteiger partial charge in [-0.05, 0) is 12.1 Å². The van der Waals surface area contributed by atoms with Gasteiger partial charge in [0.05, 0.1) is 6.85 Å². The number of carbonyl (C=O) groups is 1. The summed E-state index contributed by atoms with van der Waals surface area (Å²) in [5.74, 6) is 0. The summed E-state index contributed by atoms with van der Waals surface area (Å²) in [6.45, 7) is 0. The van der Waals surface area contributed by atoms with E-state index in [0.29, 0.717) is 0 Å². The summed E-state index contributed by atoms with van der Waals surface area (Å²) in [5, 5.41) is 2.28. The summed E-state index contributed by atoms with van der Waals surface area (Å²) < 4.78 is 37.3. The zero-order valence-corrected chi connectivity index (χ0v) is 6.86. The van der Waals surface area contributed by atoms with Gasteiger partial charge in [-0.2, -0.15) is 0 Å². The topological polar surface area (TPSA) is 32.3 Å². The van der Waals surface area contributed by atoms with Gasteiger partial charge in [0.15, 0.2) is 0 Å². The van der Waals surface area contributed by atoms with Gasteiger partial charge < -0.3 is 10.2 Å². The molecule has 0 saturated carbocycles. The van der Waals surface area contributed by atoms with Crippen molar-refractivity contribution < 1.29 is 11.6 Å². The standard InChI is InChI=1S/C9H12N2O/c1-11(2)9(12)10-8-6-4-3-5-7-8/h3-7H,1-2H3,(H,10,12)/i3D,4D,5D,6D,7D. The fourth-order valence-corrected chi connectivity index (χ4v) is 0.531. The van der Waals surface area contributed by atoms with Gasteiger partial charge in [-0.1, -0.05) is 18.1 Å². The Morgan fingerprint density at radius 1 is 1.42 bits per heavy atom. The molecule has 0 fully saturated rings. The first kappa shape index (κ1) is 3.94. The minimum Gasteiger partial charge on any atom is -0.331 e. The Hall–Kier alpha value is -1.51. The van der Waals surface area contributed by atoms with Crippen molar-refractivity contribution in [3.63, 3.8) is 0 Å². The molecular weight excluding hydrogens is 152 g/mol. The van der Waals surface area contributed by atoms with Gasteiger partial charge in [0, 0.05) is 19.8 Å². The highest BCUT2D eigenvalue weighted by Gasteiger charge is 2.01. The molecule has 0 heterocycles. The van der Waals surface area contributed by atoms with Crippen molar-refractivity contribution >= 4 is 11.7 Å². The van der Waals surface area contributed by atoms with Gasteiger partial charge in [0.2, 0.25) is 0 Å². The van der Waals surface area contributed by atoms with Gasteiger partial charge >= 0.3 is 6.03 Å². The second-order valence-corrected chi connectivity index (χ2v) is 2.32. The van der Waals surface area contributed by atoms with Crippen molar-refractivity contribution in [2.45, 2.75) is 0 Å². The lowest BCUT2D eigenvalue weighted by Crippen LogP contribution is -2.27. The van der Waals surface area contributed by atoms with Crippen LogP contribution in [0.25, 0.3) is 0 Å². The van der Waals surface area contributed by atoms with E-state index in [0.717, 1.165) is 0 Å². The van der Waals surface area contributed by atoms with Crippen molar-refractivity contribution in [1.29, 1.82) is 0 Å². The molecule has 2 amide bonds. The number of rotatable bonds is 1. The third-order valence-electron chi connectivity index (χ3n) is 1.14. The van der Waals surface area contributed by atoms with Crippen LogP contribution in [0.15, 0.2) is 30.2 Å². The molecule has 0 bridgehead atoms. The second kappa shape index (κ2) is 3.76. The maximum Gasteiger partial charge on any atom is 0.321 e. The zero-order chi connectivity index (χ0) is 13.3. The number of nitrogens with one attached hydrogen (secondary N) is 1. The van der Waals surface area contributed by atoms with Gasteiger partial charge in [-0.3, -0.25) is 0 Å². The lowest BCUT2D eigenvalue weighted by atomic mass is 10.3. The fraction of sp³-hybridized carbons (Fsp3) is 0.222. The first-order chi connectivity index (χ1) is 7.77. The molecule has 0 atom stereocenters. The van der Waals surface area contributed by atoms with Crippen LogP contribution < -0.4 is 5.32 Å². The number of hydrogen-bond acceptors (Lipinski definition) is 1. The Morgan fingerprint density at radius 3 is 2.50 bits per heavy atom. The number of anilines is 1. The molecule has 1 aromatic rings. The van der Waals surface area contributed by atoms with Crippen LogP contribution in [-0.2, 0) is 0 Å². The third kappa shape index (κ3) is 2.27. The van der Waals surface area contributed by atoms with Crippen LogP contribution in [0.5, 0.6) is 0 Å². The highest BCUT2D eigenvalue weighted by atomic mass is 16.2. The summed E-state index contributed by atoms with van der Waals surface area (Å²) in [6.07, 6.45) is 0. The minimum absolute atomic E-state index is 0.213. The molecule has 1 rings (SSSR count). The Bertz CT molecular complexity index is 446. The highest BCUT2D eigenvalue weighted by molar-refractivity contribution is 5.88. The summed E-state index contributed by atoms with van der Waals surface area (Å²) in [4.78, 5) is 12.6. The number of amides is 2. The Morgan fingerprint density at radius 2 is 2.00 bits per heavy atom. The maximum atomic E-state index is 11.4. The molecule has 0 aliphatic carbocycles. The van der Waals surface area contributed by atoms with Crippen LogP contribution in [0, 0.1) is 0 Å². The quantitative estimate of drug-likeness (QED) is 0.682. The van der Waals surface area contributed by atoms with Crippen molar-refractivity contribution in [2.75, 3.05) is 19.4 Å². The molecule has 1 N–H and O–H groups in total. The third-order valence-corrected chi connectivity index (χ3v) is 1.14. The van der Waals surface area contributed by atoms with Crippen LogP contribution in [0.2, 0.25) is 0 Å². The molecule has 0 unspecified atom stereocenters. The van der Waals surface area contributed by atoms with Gasteiger partial charge in [-0.25, -0.2) is 4.79 Å². The average Bonchev–Trinajstić information content (AvgIpc) is 2.29. The van der Waals surface area contributed by atoms with E-state index in [1.54, 1.807) is 0 Å². The van der Waals surface area contributed by atoms with Gasteiger partial charge in [-0.15, -0.1) is 0 Å². The first-order valence-corrected chi connectivity index (χ1v) is 3.32. The molecule has 1 aromatic carbocycles. The number of carbonyl (C=O) groups excluding carboxylic acids is 1. The number of hydrogen-bond donors (Lipinski definition) is 1. The van der Waals surface area contributed by atoms with E-state index in [4.69, 9.17) is 6.85 Å². The molecule has 12 heavy (non-hydrogen) atoms. The molecule has 0 saturated heterocycles. The Labute approximate surface area is 79.0 Å². The van der Waals surface area contributed by atoms with Gasteiger partial charge in [0.1, 0.15) is 0 Å². The van der Waals surface area contributed by atoms with Gasteiger partial charge in [0.25, 0.3) is 0 Å². The monoisotopic (exact) mass is 169 g/mol. The summed E-state index contributed by atoms with van der Waals surface area (Å²) >= 11 is 0. The molecule has 0 aliphatic heterocycles. The molecular formula is C9H12N2O. The predicted molar refractivity (Wildman–Crippen MR) is 49.1 cm³/mol. The van der Waals surface area contributed by atoms with Crippen LogP contribution in [0.3, 0.4) is 0 Å². The molecule has 3 heteroatoms. The minimum atomic E-state index is -0.552. The number of urea groups is 1. The Balaban J connectivity index is 3.30. The molecule has 3 nitrogen and oxygen atoms in total. The molecule has 0 radical (unpaired) electrons. The smallest absolute Gasteiger partial charge is 0.321 e. The number of nitrogens with zero attached hydrogens (tertiary/aromatic N) is 1. The summed E-state index contributed by atoms with van der Waals surface area (Å²) in [5.41, 5.74) is -0.213.